The molecule has 0 spiro atoms. The molecule has 3 nitrogen and oxygen atoms in total. The van der Waals surface area contributed by atoms with Gasteiger partial charge in [-0.25, -0.2) is 0 Å². The van der Waals surface area contributed by atoms with Crippen LogP contribution in [0.1, 0.15) is 31.1 Å². The maximum absolute atomic E-state index is 11.1. The van der Waals surface area contributed by atoms with Crippen molar-refractivity contribution in [2.24, 2.45) is 0 Å². The van der Waals surface area contributed by atoms with Gasteiger partial charge in [0.15, 0.2) is 5.78 Å². The number of hydrogen-bond donors (Lipinski definition) is 1. The van der Waals surface area contributed by atoms with Crippen molar-refractivity contribution in [1.29, 1.82) is 0 Å². The molecule has 76 valence electrons. The van der Waals surface area contributed by atoms with Gasteiger partial charge in [-0.3, -0.25) is 4.79 Å². The summed E-state index contributed by atoms with van der Waals surface area (Å²) in [6.07, 6.45) is 0.109. The Balaban J connectivity index is 2.94. The summed E-state index contributed by atoms with van der Waals surface area (Å²) in [7, 11) is 0. The average molecular weight is 193 g/mol. The smallest absolute Gasteiger partial charge is 0.161 e. The highest BCUT2D eigenvalue weighted by Gasteiger charge is 2.06. The SMILES string of the molecule is CC(=O)c1ccc(OC(C)C)cc1N. The first kappa shape index (κ1) is 10.6. The van der Waals surface area contributed by atoms with E-state index in [1.165, 1.54) is 6.92 Å². The molecule has 0 fully saturated rings. The first-order chi connectivity index (χ1) is 6.50. The van der Waals surface area contributed by atoms with Crippen molar-refractivity contribution in [3.63, 3.8) is 0 Å². The Morgan fingerprint density at radius 2 is 2.07 bits per heavy atom. The first-order valence-electron chi connectivity index (χ1n) is 4.58. The molecule has 3 heteroatoms. The van der Waals surface area contributed by atoms with Crippen molar-refractivity contribution in [1.82, 2.24) is 0 Å². The summed E-state index contributed by atoms with van der Waals surface area (Å²) in [4.78, 5) is 11.1. The second-order valence-corrected chi connectivity index (χ2v) is 3.47. The van der Waals surface area contributed by atoms with E-state index < -0.39 is 0 Å². The van der Waals surface area contributed by atoms with Crippen molar-refractivity contribution in [2.75, 3.05) is 5.73 Å². The fourth-order valence-corrected chi connectivity index (χ4v) is 1.21. The van der Waals surface area contributed by atoms with Gasteiger partial charge in [0.05, 0.1) is 6.10 Å². The number of hydrogen-bond acceptors (Lipinski definition) is 3. The highest BCUT2D eigenvalue weighted by atomic mass is 16.5. The van der Waals surface area contributed by atoms with Gasteiger partial charge in [0.1, 0.15) is 5.75 Å². The summed E-state index contributed by atoms with van der Waals surface area (Å²) in [6.45, 7) is 5.37. The van der Waals surface area contributed by atoms with Gasteiger partial charge in [-0.15, -0.1) is 0 Å². The highest BCUT2D eigenvalue weighted by molar-refractivity contribution is 5.99. The molecule has 0 radical (unpaired) electrons. The standard InChI is InChI=1S/C11H15NO2/c1-7(2)14-9-4-5-10(8(3)13)11(12)6-9/h4-7H,12H2,1-3H3. The number of ether oxygens (including phenoxy) is 1. The molecule has 0 saturated heterocycles. The molecular formula is C11H15NO2. The molecule has 0 atom stereocenters. The summed E-state index contributed by atoms with van der Waals surface area (Å²) >= 11 is 0. The summed E-state index contributed by atoms with van der Waals surface area (Å²) in [5, 5.41) is 0. The Bertz CT molecular complexity index is 345. The number of carbonyl (C=O) groups excluding carboxylic acids is 1. The molecule has 1 aromatic rings. The van der Waals surface area contributed by atoms with Gasteiger partial charge in [0.2, 0.25) is 0 Å². The Hall–Kier alpha value is -1.51. The molecule has 0 aliphatic carbocycles. The Kier molecular flexibility index (Phi) is 3.12. The predicted octanol–water partition coefficient (Wildman–Crippen LogP) is 2.26. The molecule has 14 heavy (non-hydrogen) atoms. The molecule has 0 bridgehead atoms. The number of ketones is 1. The van der Waals surface area contributed by atoms with Crippen LogP contribution in [0.4, 0.5) is 5.69 Å². The largest absolute Gasteiger partial charge is 0.491 e. The fraction of sp³-hybridized carbons (Fsp3) is 0.364. The molecule has 0 unspecified atom stereocenters. The van der Waals surface area contributed by atoms with Crippen LogP contribution >= 0.6 is 0 Å². The number of anilines is 1. The first-order valence-corrected chi connectivity index (χ1v) is 4.58. The summed E-state index contributed by atoms with van der Waals surface area (Å²) < 4.78 is 5.44. The van der Waals surface area contributed by atoms with Crippen molar-refractivity contribution in [2.45, 2.75) is 26.9 Å². The van der Waals surface area contributed by atoms with Crippen LogP contribution in [0.5, 0.6) is 5.75 Å². The Morgan fingerprint density at radius 1 is 1.43 bits per heavy atom. The van der Waals surface area contributed by atoms with Crippen LogP contribution in [0.3, 0.4) is 0 Å². The third-order valence-corrected chi connectivity index (χ3v) is 1.77. The topological polar surface area (TPSA) is 52.3 Å². The normalized spacial score (nSPS) is 10.3. The Labute approximate surface area is 83.9 Å². The zero-order valence-electron chi connectivity index (χ0n) is 8.70. The number of carbonyl (C=O) groups is 1. The average Bonchev–Trinajstić information content (AvgIpc) is 2.01. The molecule has 1 aromatic carbocycles. The van der Waals surface area contributed by atoms with Gasteiger partial charge in [0.25, 0.3) is 0 Å². The predicted molar refractivity (Wildman–Crippen MR) is 56.6 cm³/mol. The van der Waals surface area contributed by atoms with Crippen molar-refractivity contribution in [3.05, 3.63) is 23.8 Å². The van der Waals surface area contributed by atoms with Crippen LogP contribution in [0.15, 0.2) is 18.2 Å². The van der Waals surface area contributed by atoms with E-state index in [4.69, 9.17) is 10.5 Å². The van der Waals surface area contributed by atoms with Crippen LogP contribution in [0, 0.1) is 0 Å². The molecule has 0 aliphatic rings. The molecule has 0 aromatic heterocycles. The van der Waals surface area contributed by atoms with E-state index in [1.54, 1.807) is 18.2 Å². The van der Waals surface area contributed by atoms with Crippen LogP contribution in [0.2, 0.25) is 0 Å². The molecular weight excluding hydrogens is 178 g/mol. The molecule has 0 saturated carbocycles. The summed E-state index contributed by atoms with van der Waals surface area (Å²) in [5.74, 6) is 0.668. The zero-order valence-corrected chi connectivity index (χ0v) is 8.70. The molecule has 1 rings (SSSR count). The lowest BCUT2D eigenvalue weighted by atomic mass is 10.1. The minimum Gasteiger partial charge on any atom is -0.491 e. The Morgan fingerprint density at radius 3 is 2.50 bits per heavy atom. The highest BCUT2D eigenvalue weighted by Crippen LogP contribution is 2.21. The van der Waals surface area contributed by atoms with Crippen LogP contribution < -0.4 is 10.5 Å². The maximum atomic E-state index is 11.1. The van der Waals surface area contributed by atoms with E-state index in [0.717, 1.165) is 0 Å². The van der Waals surface area contributed by atoms with Gasteiger partial charge in [-0.1, -0.05) is 0 Å². The summed E-state index contributed by atoms with van der Waals surface area (Å²) in [6, 6.07) is 5.12. The van der Waals surface area contributed by atoms with Crippen molar-refractivity contribution < 1.29 is 9.53 Å². The third kappa shape index (κ3) is 2.49. The molecule has 0 aliphatic heterocycles. The molecule has 0 heterocycles. The monoisotopic (exact) mass is 193 g/mol. The van der Waals surface area contributed by atoms with E-state index in [9.17, 15) is 4.79 Å². The van der Waals surface area contributed by atoms with Gasteiger partial charge >= 0.3 is 0 Å². The number of Topliss-reactive ketones (excluding diaryl/α,β-unsaturated/α-hetero) is 1. The van der Waals surface area contributed by atoms with Crippen LogP contribution in [-0.4, -0.2) is 11.9 Å². The third-order valence-electron chi connectivity index (χ3n) is 1.77. The number of nitrogens with two attached hydrogens (primary N) is 1. The van der Waals surface area contributed by atoms with E-state index in [2.05, 4.69) is 0 Å². The number of benzene rings is 1. The quantitative estimate of drug-likeness (QED) is 0.591. The fourth-order valence-electron chi connectivity index (χ4n) is 1.21. The number of rotatable bonds is 3. The van der Waals surface area contributed by atoms with Crippen molar-refractivity contribution >= 4 is 11.5 Å². The second-order valence-electron chi connectivity index (χ2n) is 3.47. The van der Waals surface area contributed by atoms with Gasteiger partial charge in [-0.05, 0) is 32.9 Å². The van der Waals surface area contributed by atoms with Gasteiger partial charge in [-0.2, -0.15) is 0 Å². The van der Waals surface area contributed by atoms with Crippen LogP contribution in [0.25, 0.3) is 0 Å². The molecule has 2 N–H and O–H groups in total. The zero-order chi connectivity index (χ0) is 10.7. The minimum absolute atomic E-state index is 0.0291. The molecule has 0 amide bonds. The van der Waals surface area contributed by atoms with E-state index in [-0.39, 0.29) is 11.9 Å². The maximum Gasteiger partial charge on any atom is 0.161 e. The van der Waals surface area contributed by atoms with Crippen LogP contribution in [-0.2, 0) is 0 Å². The minimum atomic E-state index is -0.0291. The van der Waals surface area contributed by atoms with Crippen molar-refractivity contribution in [3.8, 4) is 5.75 Å². The van der Waals surface area contributed by atoms with E-state index in [1.807, 2.05) is 13.8 Å². The van der Waals surface area contributed by atoms with E-state index in [0.29, 0.717) is 17.0 Å². The lowest BCUT2D eigenvalue weighted by molar-refractivity contribution is 0.101. The van der Waals surface area contributed by atoms with Gasteiger partial charge in [0, 0.05) is 17.3 Å². The summed E-state index contributed by atoms with van der Waals surface area (Å²) in [5.41, 5.74) is 6.71. The van der Waals surface area contributed by atoms with E-state index >= 15 is 0 Å². The second kappa shape index (κ2) is 4.13. The lowest BCUT2D eigenvalue weighted by Crippen LogP contribution is -2.07. The lowest BCUT2D eigenvalue weighted by Gasteiger charge is -2.11. The number of nitrogen functional groups attached to an aromatic ring is 1. The van der Waals surface area contributed by atoms with Gasteiger partial charge < -0.3 is 10.5 Å².